The number of piperidine rings is 1. The number of carbonyl (C=O) groups is 1. The SMILES string of the molecule is Cl.Nc1cccc(CN2CCC(NC(=O)c3ccccc3)CC2)c1. The third-order valence-electron chi connectivity index (χ3n) is 4.32. The number of carbonyl (C=O) groups excluding carboxylic acids is 1. The summed E-state index contributed by atoms with van der Waals surface area (Å²) in [6.45, 7) is 2.91. The van der Waals surface area contributed by atoms with Gasteiger partial charge in [0, 0.05) is 36.9 Å². The Labute approximate surface area is 149 Å². The third kappa shape index (κ3) is 4.98. The fourth-order valence-electron chi connectivity index (χ4n) is 3.04. The van der Waals surface area contributed by atoms with Gasteiger partial charge in [-0.2, -0.15) is 0 Å². The lowest BCUT2D eigenvalue weighted by atomic mass is 10.0. The van der Waals surface area contributed by atoms with Crippen molar-refractivity contribution in [1.29, 1.82) is 0 Å². The number of nitrogens with zero attached hydrogens (tertiary/aromatic N) is 1. The van der Waals surface area contributed by atoms with Gasteiger partial charge >= 0.3 is 0 Å². The first kappa shape index (κ1) is 18.3. The van der Waals surface area contributed by atoms with E-state index in [1.807, 2.05) is 48.5 Å². The molecule has 0 saturated carbocycles. The molecular formula is C19H24ClN3O. The van der Waals surface area contributed by atoms with Crippen LogP contribution in [0.5, 0.6) is 0 Å². The second-order valence-corrected chi connectivity index (χ2v) is 6.13. The largest absolute Gasteiger partial charge is 0.399 e. The Balaban J connectivity index is 0.00000208. The van der Waals surface area contributed by atoms with Crippen LogP contribution in [0.3, 0.4) is 0 Å². The fraction of sp³-hybridized carbons (Fsp3) is 0.316. The van der Waals surface area contributed by atoms with E-state index in [2.05, 4.69) is 16.3 Å². The van der Waals surface area contributed by atoms with Gasteiger partial charge in [0.1, 0.15) is 0 Å². The number of rotatable bonds is 4. The van der Waals surface area contributed by atoms with Gasteiger partial charge in [0.15, 0.2) is 0 Å². The number of benzene rings is 2. The summed E-state index contributed by atoms with van der Waals surface area (Å²) in [4.78, 5) is 14.6. The number of halogens is 1. The Kier molecular flexibility index (Phi) is 6.64. The molecule has 1 saturated heterocycles. The minimum absolute atomic E-state index is 0. The minimum Gasteiger partial charge on any atom is -0.399 e. The molecule has 0 spiro atoms. The maximum absolute atomic E-state index is 12.2. The van der Waals surface area contributed by atoms with Crippen molar-refractivity contribution in [2.75, 3.05) is 18.8 Å². The van der Waals surface area contributed by atoms with E-state index in [0.29, 0.717) is 0 Å². The van der Waals surface area contributed by atoms with Crippen LogP contribution in [0.25, 0.3) is 0 Å². The molecule has 1 amide bonds. The summed E-state index contributed by atoms with van der Waals surface area (Å²) < 4.78 is 0. The van der Waals surface area contributed by atoms with Crippen molar-refractivity contribution >= 4 is 24.0 Å². The Morgan fingerprint density at radius 2 is 1.79 bits per heavy atom. The number of nitrogen functional groups attached to an aromatic ring is 1. The Morgan fingerprint density at radius 1 is 1.08 bits per heavy atom. The predicted octanol–water partition coefficient (Wildman–Crippen LogP) is 3.09. The lowest BCUT2D eigenvalue weighted by molar-refractivity contribution is 0.0909. The van der Waals surface area contributed by atoms with Gasteiger partial charge in [-0.3, -0.25) is 9.69 Å². The number of nitrogens with one attached hydrogen (secondary N) is 1. The van der Waals surface area contributed by atoms with Crippen molar-refractivity contribution in [1.82, 2.24) is 10.2 Å². The van der Waals surface area contributed by atoms with Crippen LogP contribution in [-0.4, -0.2) is 29.9 Å². The summed E-state index contributed by atoms with van der Waals surface area (Å²) in [5.74, 6) is 0.0277. The van der Waals surface area contributed by atoms with E-state index in [-0.39, 0.29) is 24.4 Å². The highest BCUT2D eigenvalue weighted by Crippen LogP contribution is 2.16. The van der Waals surface area contributed by atoms with E-state index in [9.17, 15) is 4.79 Å². The monoisotopic (exact) mass is 345 g/mol. The van der Waals surface area contributed by atoms with E-state index in [4.69, 9.17) is 5.73 Å². The number of hydrogen-bond donors (Lipinski definition) is 2. The van der Waals surface area contributed by atoms with Crippen LogP contribution in [0.2, 0.25) is 0 Å². The molecule has 1 aliphatic rings. The van der Waals surface area contributed by atoms with Crippen LogP contribution in [0.1, 0.15) is 28.8 Å². The Bertz CT molecular complexity index is 655. The highest BCUT2D eigenvalue weighted by Gasteiger charge is 2.21. The van der Waals surface area contributed by atoms with Gasteiger partial charge in [0.2, 0.25) is 0 Å². The first-order chi connectivity index (χ1) is 11.2. The van der Waals surface area contributed by atoms with Crippen molar-refractivity contribution in [2.45, 2.75) is 25.4 Å². The van der Waals surface area contributed by atoms with Crippen molar-refractivity contribution in [3.05, 3.63) is 65.7 Å². The van der Waals surface area contributed by atoms with Crippen molar-refractivity contribution in [3.8, 4) is 0 Å². The molecular weight excluding hydrogens is 322 g/mol. The molecule has 0 bridgehead atoms. The van der Waals surface area contributed by atoms with Crippen molar-refractivity contribution in [3.63, 3.8) is 0 Å². The average Bonchev–Trinajstić information content (AvgIpc) is 2.57. The minimum atomic E-state index is 0. The van der Waals surface area contributed by atoms with Gasteiger partial charge in [-0.1, -0.05) is 30.3 Å². The topological polar surface area (TPSA) is 58.4 Å². The van der Waals surface area contributed by atoms with Crippen LogP contribution in [0.15, 0.2) is 54.6 Å². The van der Waals surface area contributed by atoms with Crippen molar-refractivity contribution in [2.24, 2.45) is 0 Å². The molecule has 24 heavy (non-hydrogen) atoms. The van der Waals surface area contributed by atoms with Gasteiger partial charge in [0.05, 0.1) is 0 Å². The van der Waals surface area contributed by atoms with Crippen LogP contribution in [0, 0.1) is 0 Å². The van der Waals surface area contributed by atoms with Gasteiger partial charge in [-0.05, 0) is 42.7 Å². The Morgan fingerprint density at radius 3 is 2.46 bits per heavy atom. The lowest BCUT2D eigenvalue weighted by Gasteiger charge is -2.32. The molecule has 128 valence electrons. The molecule has 3 rings (SSSR count). The van der Waals surface area contributed by atoms with E-state index in [1.165, 1.54) is 5.56 Å². The third-order valence-corrected chi connectivity index (χ3v) is 4.32. The number of nitrogens with two attached hydrogens (primary N) is 1. The smallest absolute Gasteiger partial charge is 0.251 e. The lowest BCUT2D eigenvalue weighted by Crippen LogP contribution is -2.44. The quantitative estimate of drug-likeness (QED) is 0.837. The molecule has 0 atom stereocenters. The number of amides is 1. The van der Waals surface area contributed by atoms with Crippen LogP contribution in [-0.2, 0) is 6.54 Å². The molecule has 0 radical (unpaired) electrons. The summed E-state index contributed by atoms with van der Waals surface area (Å²) in [5, 5.41) is 3.14. The van der Waals surface area contributed by atoms with Crippen LogP contribution < -0.4 is 11.1 Å². The van der Waals surface area contributed by atoms with Gasteiger partial charge in [-0.15, -0.1) is 12.4 Å². The molecule has 2 aromatic carbocycles. The average molecular weight is 346 g/mol. The van der Waals surface area contributed by atoms with Gasteiger partial charge in [0.25, 0.3) is 5.91 Å². The zero-order chi connectivity index (χ0) is 16.1. The molecule has 0 aromatic heterocycles. The van der Waals surface area contributed by atoms with E-state index < -0.39 is 0 Å². The first-order valence-electron chi connectivity index (χ1n) is 8.13. The molecule has 0 aliphatic carbocycles. The highest BCUT2D eigenvalue weighted by atomic mass is 35.5. The maximum atomic E-state index is 12.2. The van der Waals surface area contributed by atoms with E-state index in [1.54, 1.807) is 0 Å². The molecule has 3 N–H and O–H groups in total. The molecule has 4 nitrogen and oxygen atoms in total. The zero-order valence-corrected chi connectivity index (χ0v) is 14.5. The summed E-state index contributed by atoms with van der Waals surface area (Å²) in [5.41, 5.74) is 8.62. The normalized spacial score (nSPS) is 15.5. The molecule has 1 heterocycles. The summed E-state index contributed by atoms with van der Waals surface area (Å²) >= 11 is 0. The zero-order valence-electron chi connectivity index (χ0n) is 13.7. The van der Waals surface area contributed by atoms with E-state index in [0.717, 1.165) is 43.7 Å². The molecule has 0 unspecified atom stereocenters. The van der Waals surface area contributed by atoms with Crippen LogP contribution in [0.4, 0.5) is 5.69 Å². The standard InChI is InChI=1S/C19H23N3O.ClH/c20-17-8-4-5-15(13-17)14-22-11-9-18(10-12-22)21-19(23)16-6-2-1-3-7-16;/h1-8,13,18H,9-12,14,20H2,(H,21,23);1H. The molecule has 2 aromatic rings. The molecule has 1 fully saturated rings. The van der Waals surface area contributed by atoms with Gasteiger partial charge in [-0.25, -0.2) is 0 Å². The van der Waals surface area contributed by atoms with Crippen LogP contribution >= 0.6 is 12.4 Å². The molecule has 1 aliphatic heterocycles. The summed E-state index contributed by atoms with van der Waals surface area (Å²) in [6.07, 6.45) is 1.97. The van der Waals surface area contributed by atoms with Gasteiger partial charge < -0.3 is 11.1 Å². The van der Waals surface area contributed by atoms with Crippen molar-refractivity contribution < 1.29 is 4.79 Å². The number of anilines is 1. The maximum Gasteiger partial charge on any atom is 0.251 e. The molecule has 5 heteroatoms. The summed E-state index contributed by atoms with van der Waals surface area (Å²) in [6, 6.07) is 17.7. The predicted molar refractivity (Wildman–Crippen MR) is 100 cm³/mol. The highest BCUT2D eigenvalue weighted by molar-refractivity contribution is 5.94. The number of hydrogen-bond acceptors (Lipinski definition) is 3. The fourth-order valence-corrected chi connectivity index (χ4v) is 3.04. The second kappa shape index (κ2) is 8.71. The van der Waals surface area contributed by atoms with E-state index >= 15 is 0 Å². The summed E-state index contributed by atoms with van der Waals surface area (Å²) in [7, 11) is 0. The second-order valence-electron chi connectivity index (χ2n) is 6.13. The number of likely N-dealkylation sites (tertiary alicyclic amines) is 1. The first-order valence-corrected chi connectivity index (χ1v) is 8.13. The Hall–Kier alpha value is -2.04.